The van der Waals surface area contributed by atoms with E-state index in [1.807, 2.05) is 28.8 Å². The number of hydrogen-bond acceptors (Lipinski definition) is 5. The van der Waals surface area contributed by atoms with E-state index in [2.05, 4.69) is 26.3 Å². The van der Waals surface area contributed by atoms with Gasteiger partial charge >= 0.3 is 5.69 Å². The third-order valence-electron chi connectivity index (χ3n) is 5.31. The summed E-state index contributed by atoms with van der Waals surface area (Å²) in [7, 11) is 1.61. The largest absolute Gasteiger partial charge is 0.340 e. The first-order chi connectivity index (χ1) is 14.0. The van der Waals surface area contributed by atoms with E-state index in [0.717, 1.165) is 43.3 Å². The fourth-order valence-corrected chi connectivity index (χ4v) is 3.94. The minimum absolute atomic E-state index is 0.383. The van der Waals surface area contributed by atoms with Crippen LogP contribution in [0.4, 0.5) is 5.95 Å². The monoisotopic (exact) mass is 414 g/mol. The molecule has 1 saturated heterocycles. The van der Waals surface area contributed by atoms with Gasteiger partial charge in [0.25, 0.3) is 5.56 Å². The number of hydrogen-bond donors (Lipinski definition) is 1. The maximum absolute atomic E-state index is 12.4. The van der Waals surface area contributed by atoms with Crippen LogP contribution in [0.1, 0.15) is 5.56 Å². The number of fused-ring (bicyclic) bond motifs is 1. The first-order valence-electron chi connectivity index (χ1n) is 9.50. The molecule has 0 bridgehead atoms. The molecule has 3 aromatic rings. The Hall–Kier alpha value is -2.84. The molecule has 4 rings (SSSR count). The Labute approximate surface area is 172 Å². The number of aryl methyl sites for hydroxylation is 1. The SMILES string of the molecule is C=CCn1c(N2CCN(Cc3ccccc3Cl)CC2)nc2c1c(=O)[nH]c(=O)n2C. The van der Waals surface area contributed by atoms with Gasteiger partial charge in [-0.3, -0.25) is 19.2 Å². The van der Waals surface area contributed by atoms with Gasteiger partial charge in [0, 0.05) is 51.3 Å². The summed E-state index contributed by atoms with van der Waals surface area (Å²) in [6, 6.07) is 7.89. The zero-order chi connectivity index (χ0) is 20.5. The highest BCUT2D eigenvalue weighted by Gasteiger charge is 2.24. The fourth-order valence-electron chi connectivity index (χ4n) is 3.74. The van der Waals surface area contributed by atoms with Gasteiger partial charge in [-0.15, -0.1) is 6.58 Å². The number of rotatable bonds is 5. The number of benzene rings is 1. The second kappa shape index (κ2) is 7.88. The van der Waals surface area contributed by atoms with Gasteiger partial charge < -0.3 is 9.47 Å². The molecule has 2 aromatic heterocycles. The van der Waals surface area contributed by atoms with E-state index in [9.17, 15) is 9.59 Å². The molecule has 3 heterocycles. The van der Waals surface area contributed by atoms with Gasteiger partial charge in [0.1, 0.15) is 0 Å². The molecule has 0 radical (unpaired) electrons. The normalized spacial score (nSPS) is 15.2. The van der Waals surface area contributed by atoms with E-state index in [4.69, 9.17) is 11.6 Å². The van der Waals surface area contributed by atoms with Crippen LogP contribution in [0, 0.1) is 0 Å². The average Bonchev–Trinajstić information content (AvgIpc) is 3.09. The minimum Gasteiger partial charge on any atom is -0.340 e. The van der Waals surface area contributed by atoms with Gasteiger partial charge in [0.15, 0.2) is 11.2 Å². The molecular formula is C20H23ClN6O2. The van der Waals surface area contributed by atoms with E-state index in [1.54, 1.807) is 13.1 Å². The van der Waals surface area contributed by atoms with Gasteiger partial charge in [-0.25, -0.2) is 4.79 Å². The third-order valence-corrected chi connectivity index (χ3v) is 5.67. The maximum Gasteiger partial charge on any atom is 0.329 e. The van der Waals surface area contributed by atoms with Gasteiger partial charge in [-0.2, -0.15) is 4.98 Å². The van der Waals surface area contributed by atoms with E-state index in [0.29, 0.717) is 23.7 Å². The Morgan fingerprint density at radius 1 is 1.21 bits per heavy atom. The lowest BCUT2D eigenvalue weighted by Crippen LogP contribution is -2.46. The minimum atomic E-state index is -0.470. The Kier molecular flexibility index (Phi) is 5.29. The van der Waals surface area contributed by atoms with Crippen LogP contribution in [0.5, 0.6) is 0 Å². The molecular weight excluding hydrogens is 392 g/mol. The number of halogens is 1. The van der Waals surface area contributed by atoms with Crippen LogP contribution in [0.3, 0.4) is 0 Å². The van der Waals surface area contributed by atoms with Crippen molar-refractivity contribution in [2.45, 2.75) is 13.1 Å². The lowest BCUT2D eigenvalue weighted by Gasteiger charge is -2.35. The zero-order valence-electron chi connectivity index (χ0n) is 16.3. The summed E-state index contributed by atoms with van der Waals surface area (Å²) >= 11 is 6.29. The van der Waals surface area contributed by atoms with Crippen molar-refractivity contribution in [2.24, 2.45) is 7.05 Å². The van der Waals surface area contributed by atoms with Crippen molar-refractivity contribution in [3.8, 4) is 0 Å². The number of nitrogens with one attached hydrogen (secondary N) is 1. The summed E-state index contributed by atoms with van der Waals surface area (Å²) in [4.78, 5) is 35.9. The molecule has 0 aliphatic carbocycles. The number of piperazine rings is 1. The summed E-state index contributed by atoms with van der Waals surface area (Å²) in [6.07, 6.45) is 1.73. The van der Waals surface area contributed by atoms with Crippen LogP contribution >= 0.6 is 11.6 Å². The van der Waals surface area contributed by atoms with E-state index in [1.165, 1.54) is 4.57 Å². The molecule has 0 spiro atoms. The second-order valence-corrected chi connectivity index (χ2v) is 7.56. The van der Waals surface area contributed by atoms with Crippen molar-refractivity contribution >= 4 is 28.7 Å². The Morgan fingerprint density at radius 3 is 2.62 bits per heavy atom. The average molecular weight is 415 g/mol. The van der Waals surface area contributed by atoms with Crippen molar-refractivity contribution in [1.29, 1.82) is 0 Å². The Morgan fingerprint density at radius 2 is 1.93 bits per heavy atom. The van der Waals surface area contributed by atoms with Crippen LogP contribution in [0.15, 0.2) is 46.5 Å². The van der Waals surface area contributed by atoms with Gasteiger partial charge in [-0.1, -0.05) is 35.9 Å². The summed E-state index contributed by atoms with van der Waals surface area (Å²) in [5.41, 5.74) is 0.987. The number of aromatic amines is 1. The van der Waals surface area contributed by atoms with Crippen LogP contribution in [-0.2, 0) is 20.1 Å². The molecule has 152 valence electrons. The smallest absolute Gasteiger partial charge is 0.329 e. The predicted molar refractivity (Wildman–Crippen MR) is 115 cm³/mol. The topological polar surface area (TPSA) is 79.2 Å². The van der Waals surface area contributed by atoms with Crippen molar-refractivity contribution in [1.82, 2.24) is 24.0 Å². The fraction of sp³-hybridized carbons (Fsp3) is 0.350. The molecule has 0 amide bonds. The van der Waals surface area contributed by atoms with Crippen LogP contribution in [0.2, 0.25) is 5.02 Å². The quantitative estimate of drug-likeness (QED) is 0.641. The molecule has 1 aliphatic heterocycles. The number of imidazole rings is 1. The number of nitrogens with zero attached hydrogens (tertiary/aromatic N) is 5. The Bertz CT molecular complexity index is 1170. The number of aromatic nitrogens is 4. The molecule has 0 atom stereocenters. The lowest BCUT2D eigenvalue weighted by atomic mass is 10.2. The molecule has 1 aliphatic rings. The number of anilines is 1. The van der Waals surface area contributed by atoms with Gasteiger partial charge in [0.05, 0.1) is 0 Å². The molecule has 1 N–H and O–H groups in total. The number of allylic oxidation sites excluding steroid dienone is 1. The highest BCUT2D eigenvalue weighted by atomic mass is 35.5. The first kappa shape index (κ1) is 19.5. The number of H-pyrrole nitrogens is 1. The highest BCUT2D eigenvalue weighted by molar-refractivity contribution is 6.31. The maximum atomic E-state index is 12.4. The first-order valence-corrected chi connectivity index (χ1v) is 9.88. The second-order valence-electron chi connectivity index (χ2n) is 7.16. The molecule has 1 fully saturated rings. The molecule has 0 saturated carbocycles. The summed E-state index contributed by atoms with van der Waals surface area (Å²) in [5.74, 6) is 0.684. The molecule has 1 aromatic carbocycles. The molecule has 8 nitrogen and oxygen atoms in total. The highest BCUT2D eigenvalue weighted by Crippen LogP contribution is 2.22. The van der Waals surface area contributed by atoms with Crippen molar-refractivity contribution < 1.29 is 0 Å². The predicted octanol–water partition coefficient (Wildman–Crippen LogP) is 1.58. The molecule has 9 heteroatoms. The molecule has 0 unspecified atom stereocenters. The third kappa shape index (κ3) is 3.61. The van der Waals surface area contributed by atoms with Crippen LogP contribution < -0.4 is 16.1 Å². The van der Waals surface area contributed by atoms with E-state index in [-0.39, 0.29) is 0 Å². The van der Waals surface area contributed by atoms with Gasteiger partial charge in [-0.05, 0) is 11.6 Å². The van der Waals surface area contributed by atoms with Gasteiger partial charge in [0.2, 0.25) is 5.95 Å². The van der Waals surface area contributed by atoms with Crippen molar-refractivity contribution in [3.05, 3.63) is 68.3 Å². The van der Waals surface area contributed by atoms with Crippen LogP contribution in [0.25, 0.3) is 11.2 Å². The summed E-state index contributed by atoms with van der Waals surface area (Å²) in [5, 5.41) is 0.780. The molecule has 29 heavy (non-hydrogen) atoms. The Balaban J connectivity index is 1.60. The lowest BCUT2D eigenvalue weighted by molar-refractivity contribution is 0.248. The summed E-state index contributed by atoms with van der Waals surface area (Å²) < 4.78 is 3.19. The van der Waals surface area contributed by atoms with Crippen LogP contribution in [-0.4, -0.2) is 50.2 Å². The van der Waals surface area contributed by atoms with Crippen molar-refractivity contribution in [3.63, 3.8) is 0 Å². The van der Waals surface area contributed by atoms with E-state index < -0.39 is 11.2 Å². The summed E-state index contributed by atoms with van der Waals surface area (Å²) in [6.45, 7) is 8.24. The standard InChI is InChI=1S/C20H23ClN6O2/c1-3-8-27-16-17(24(2)20(29)23-18(16)28)22-19(27)26-11-9-25(10-12-26)13-14-6-4-5-7-15(14)21/h3-7H,1,8-13H2,2H3,(H,23,28,29). The van der Waals surface area contributed by atoms with Crippen molar-refractivity contribution in [2.75, 3.05) is 31.1 Å². The zero-order valence-corrected chi connectivity index (χ0v) is 17.0. The van der Waals surface area contributed by atoms with E-state index >= 15 is 0 Å².